The molecular weight excluding hydrogens is 224 g/mol. The van der Waals surface area contributed by atoms with Crippen LogP contribution in [-0.2, 0) is 6.42 Å². The Labute approximate surface area is 111 Å². The summed E-state index contributed by atoms with van der Waals surface area (Å²) in [5.74, 6) is 0.987. The van der Waals surface area contributed by atoms with Gasteiger partial charge in [0.1, 0.15) is 5.75 Å². The van der Waals surface area contributed by atoms with E-state index in [0.29, 0.717) is 6.04 Å². The average molecular weight is 250 g/mol. The van der Waals surface area contributed by atoms with Gasteiger partial charge >= 0.3 is 0 Å². The van der Waals surface area contributed by atoms with E-state index in [0.717, 1.165) is 17.7 Å². The van der Waals surface area contributed by atoms with Gasteiger partial charge in [-0.15, -0.1) is 0 Å². The fourth-order valence-electron chi connectivity index (χ4n) is 2.39. The minimum Gasteiger partial charge on any atom is -0.496 e. The minimum atomic E-state index is 0.623. The second kappa shape index (κ2) is 7.37. The Hall–Kier alpha value is -1.09. The summed E-state index contributed by atoms with van der Waals surface area (Å²) in [5, 5.41) is 3.34. The number of nitrogens with zero attached hydrogens (tertiary/aromatic N) is 1. The van der Waals surface area contributed by atoms with Crippen molar-refractivity contribution in [2.24, 2.45) is 0 Å². The van der Waals surface area contributed by atoms with Crippen molar-refractivity contribution in [1.82, 2.24) is 10.3 Å². The van der Waals surface area contributed by atoms with E-state index in [1.165, 1.54) is 30.5 Å². The highest BCUT2D eigenvalue weighted by molar-refractivity contribution is 5.41. The molecule has 0 saturated heterocycles. The van der Waals surface area contributed by atoms with E-state index in [9.17, 15) is 0 Å². The number of aryl methyl sites for hydroxylation is 2. The van der Waals surface area contributed by atoms with Crippen molar-refractivity contribution in [3.05, 3.63) is 23.0 Å². The third-order valence-corrected chi connectivity index (χ3v) is 3.62. The third kappa shape index (κ3) is 3.70. The van der Waals surface area contributed by atoms with E-state index >= 15 is 0 Å². The standard InChI is InChI=1S/C15H26N2O/c1-6-13(16-4)8-7-9-14-12(3)15(18-5)11(2)10-17-14/h10,13,16H,6-9H2,1-5H3. The molecule has 18 heavy (non-hydrogen) atoms. The first-order valence-electron chi connectivity index (χ1n) is 6.80. The summed E-state index contributed by atoms with van der Waals surface area (Å²) in [6, 6.07) is 0.623. The molecule has 0 spiro atoms. The molecule has 0 aliphatic heterocycles. The number of ether oxygens (including phenoxy) is 1. The summed E-state index contributed by atoms with van der Waals surface area (Å²) >= 11 is 0. The Morgan fingerprint density at radius 1 is 1.39 bits per heavy atom. The predicted molar refractivity (Wildman–Crippen MR) is 76.3 cm³/mol. The van der Waals surface area contributed by atoms with E-state index in [1.807, 2.05) is 20.2 Å². The van der Waals surface area contributed by atoms with E-state index in [2.05, 4.69) is 24.1 Å². The zero-order valence-corrected chi connectivity index (χ0v) is 12.3. The number of aromatic nitrogens is 1. The summed E-state index contributed by atoms with van der Waals surface area (Å²) in [4.78, 5) is 4.53. The third-order valence-electron chi connectivity index (χ3n) is 3.62. The molecule has 0 radical (unpaired) electrons. The largest absolute Gasteiger partial charge is 0.496 e. The Morgan fingerprint density at radius 2 is 2.11 bits per heavy atom. The molecule has 1 aromatic heterocycles. The van der Waals surface area contributed by atoms with E-state index in [4.69, 9.17) is 4.74 Å². The van der Waals surface area contributed by atoms with Crippen LogP contribution in [0.1, 0.15) is 43.0 Å². The first-order valence-corrected chi connectivity index (χ1v) is 6.80. The maximum Gasteiger partial charge on any atom is 0.128 e. The lowest BCUT2D eigenvalue weighted by atomic mass is 10.0. The number of nitrogens with one attached hydrogen (secondary N) is 1. The van der Waals surface area contributed by atoms with Gasteiger partial charge in [0.2, 0.25) is 0 Å². The van der Waals surface area contributed by atoms with Crippen molar-refractivity contribution in [1.29, 1.82) is 0 Å². The van der Waals surface area contributed by atoms with Crippen LogP contribution < -0.4 is 10.1 Å². The van der Waals surface area contributed by atoms with Gasteiger partial charge in [-0.05, 0) is 46.6 Å². The number of pyridine rings is 1. The number of rotatable bonds is 7. The lowest BCUT2D eigenvalue weighted by Gasteiger charge is -2.15. The SMILES string of the molecule is CCC(CCCc1ncc(C)c(OC)c1C)NC. The van der Waals surface area contributed by atoms with Gasteiger partial charge in [0, 0.05) is 29.1 Å². The fourth-order valence-corrected chi connectivity index (χ4v) is 2.39. The molecule has 3 nitrogen and oxygen atoms in total. The van der Waals surface area contributed by atoms with Crippen molar-refractivity contribution in [2.75, 3.05) is 14.2 Å². The molecular formula is C15H26N2O. The number of hydrogen-bond donors (Lipinski definition) is 1. The van der Waals surface area contributed by atoms with E-state index in [-0.39, 0.29) is 0 Å². The Kier molecular flexibility index (Phi) is 6.13. The molecule has 0 saturated carbocycles. The Balaban J connectivity index is 2.63. The van der Waals surface area contributed by atoms with E-state index < -0.39 is 0 Å². The number of hydrogen-bond acceptors (Lipinski definition) is 3. The van der Waals surface area contributed by atoms with Gasteiger partial charge in [0.25, 0.3) is 0 Å². The minimum absolute atomic E-state index is 0.623. The van der Waals surface area contributed by atoms with Gasteiger partial charge in [-0.3, -0.25) is 4.98 Å². The maximum absolute atomic E-state index is 5.43. The van der Waals surface area contributed by atoms with Gasteiger partial charge in [-0.2, -0.15) is 0 Å². The normalized spacial score (nSPS) is 12.5. The summed E-state index contributed by atoms with van der Waals surface area (Å²) in [5.41, 5.74) is 3.47. The van der Waals surface area contributed by atoms with Crippen molar-refractivity contribution < 1.29 is 4.74 Å². The second-order valence-corrected chi connectivity index (χ2v) is 4.83. The van der Waals surface area contributed by atoms with Crippen molar-refractivity contribution >= 4 is 0 Å². The van der Waals surface area contributed by atoms with Crippen LogP contribution in [-0.4, -0.2) is 25.2 Å². The molecule has 0 amide bonds. The summed E-state index contributed by atoms with van der Waals surface area (Å²) in [6.45, 7) is 6.36. The molecule has 0 aromatic carbocycles. The topological polar surface area (TPSA) is 34.1 Å². The van der Waals surface area contributed by atoms with Crippen LogP contribution in [0.5, 0.6) is 5.75 Å². The lowest BCUT2D eigenvalue weighted by Crippen LogP contribution is -2.24. The quantitative estimate of drug-likeness (QED) is 0.807. The maximum atomic E-state index is 5.43. The van der Waals surface area contributed by atoms with Crippen LogP contribution in [0, 0.1) is 13.8 Å². The molecule has 3 heteroatoms. The smallest absolute Gasteiger partial charge is 0.128 e. The monoisotopic (exact) mass is 250 g/mol. The molecule has 0 fully saturated rings. The summed E-state index contributed by atoms with van der Waals surface area (Å²) < 4.78 is 5.43. The van der Waals surface area contributed by atoms with Crippen molar-refractivity contribution in [2.45, 2.75) is 52.5 Å². The van der Waals surface area contributed by atoms with Crippen LogP contribution in [0.25, 0.3) is 0 Å². The van der Waals surface area contributed by atoms with Gasteiger partial charge in [-0.1, -0.05) is 6.92 Å². The molecule has 1 rings (SSSR count). The number of methoxy groups -OCH3 is 1. The highest BCUT2D eigenvalue weighted by Crippen LogP contribution is 2.24. The first kappa shape index (κ1) is 15.0. The molecule has 0 aliphatic carbocycles. The molecule has 0 bridgehead atoms. The second-order valence-electron chi connectivity index (χ2n) is 4.83. The van der Waals surface area contributed by atoms with E-state index in [1.54, 1.807) is 7.11 Å². The van der Waals surface area contributed by atoms with Gasteiger partial charge in [0.15, 0.2) is 0 Å². The van der Waals surface area contributed by atoms with Crippen LogP contribution in [0.4, 0.5) is 0 Å². The van der Waals surface area contributed by atoms with Crippen LogP contribution in [0.15, 0.2) is 6.20 Å². The molecule has 1 aromatic rings. The van der Waals surface area contributed by atoms with Crippen molar-refractivity contribution in [3.8, 4) is 5.75 Å². The molecule has 1 heterocycles. The predicted octanol–water partition coefficient (Wildman–Crippen LogP) is 3.03. The molecule has 102 valence electrons. The van der Waals surface area contributed by atoms with Crippen molar-refractivity contribution in [3.63, 3.8) is 0 Å². The summed E-state index contributed by atoms with van der Waals surface area (Å²) in [7, 11) is 3.76. The van der Waals surface area contributed by atoms with Crippen LogP contribution in [0.3, 0.4) is 0 Å². The molecule has 1 N–H and O–H groups in total. The highest BCUT2D eigenvalue weighted by Gasteiger charge is 2.10. The molecule has 1 unspecified atom stereocenters. The Bertz CT molecular complexity index is 373. The summed E-state index contributed by atoms with van der Waals surface area (Å²) in [6.07, 6.45) is 6.49. The molecule has 1 atom stereocenters. The zero-order valence-electron chi connectivity index (χ0n) is 12.3. The van der Waals surface area contributed by atoms with Crippen LogP contribution in [0.2, 0.25) is 0 Å². The van der Waals surface area contributed by atoms with Crippen LogP contribution >= 0.6 is 0 Å². The lowest BCUT2D eigenvalue weighted by molar-refractivity contribution is 0.406. The zero-order chi connectivity index (χ0) is 13.5. The van der Waals surface area contributed by atoms with Gasteiger partial charge in [0.05, 0.1) is 7.11 Å². The highest BCUT2D eigenvalue weighted by atomic mass is 16.5. The van der Waals surface area contributed by atoms with Gasteiger partial charge < -0.3 is 10.1 Å². The average Bonchev–Trinajstić information content (AvgIpc) is 2.37. The Morgan fingerprint density at radius 3 is 2.67 bits per heavy atom. The first-order chi connectivity index (χ1) is 8.63. The fraction of sp³-hybridized carbons (Fsp3) is 0.667. The van der Waals surface area contributed by atoms with Gasteiger partial charge in [-0.25, -0.2) is 0 Å². The molecule has 0 aliphatic rings.